The quantitative estimate of drug-likeness (QED) is 0.695. The van der Waals surface area contributed by atoms with Crippen molar-refractivity contribution in [3.8, 4) is 0 Å². The maximum Gasteiger partial charge on any atom is 0.0928 e. The van der Waals surface area contributed by atoms with Gasteiger partial charge in [-0.15, -0.1) is 22.7 Å². The van der Waals surface area contributed by atoms with Gasteiger partial charge in [0.05, 0.1) is 12.2 Å². The van der Waals surface area contributed by atoms with Gasteiger partial charge in [0.1, 0.15) is 0 Å². The molecule has 2 aromatic heterocycles. The summed E-state index contributed by atoms with van der Waals surface area (Å²) in [4.78, 5) is 4.73. The molecule has 0 bridgehead atoms. The van der Waals surface area contributed by atoms with Gasteiger partial charge in [0.25, 0.3) is 0 Å². The number of thiophene rings is 2. The molecule has 0 fully saturated rings. The van der Waals surface area contributed by atoms with Crippen molar-refractivity contribution in [1.82, 2.24) is 10.2 Å². The zero-order valence-electron chi connectivity index (χ0n) is 12.0. The van der Waals surface area contributed by atoms with Crippen LogP contribution in [0.25, 0.3) is 0 Å². The van der Waals surface area contributed by atoms with Gasteiger partial charge in [-0.3, -0.25) is 4.90 Å². The topological polar surface area (TPSA) is 55.7 Å². The second-order valence-electron chi connectivity index (χ2n) is 5.46. The van der Waals surface area contributed by atoms with Crippen LogP contribution in [-0.2, 0) is 13.1 Å². The Labute approximate surface area is 132 Å². The van der Waals surface area contributed by atoms with Crippen LogP contribution in [-0.4, -0.2) is 35.3 Å². The first-order valence-electron chi connectivity index (χ1n) is 7.03. The highest BCUT2D eigenvalue weighted by Crippen LogP contribution is 2.29. The van der Waals surface area contributed by atoms with Crippen LogP contribution in [0.15, 0.2) is 22.9 Å². The first-order valence-corrected chi connectivity index (χ1v) is 8.79. The molecule has 2 aromatic rings. The summed E-state index contributed by atoms with van der Waals surface area (Å²) in [7, 11) is 2.03. The average molecular weight is 324 g/mol. The minimum atomic E-state index is -0.282. The van der Waals surface area contributed by atoms with E-state index >= 15 is 0 Å². The van der Waals surface area contributed by atoms with E-state index in [1.54, 1.807) is 22.7 Å². The molecule has 0 aliphatic carbocycles. The second kappa shape index (κ2) is 6.56. The average Bonchev–Trinajstić information content (AvgIpc) is 3.08. The summed E-state index contributed by atoms with van der Waals surface area (Å²) < 4.78 is 0. The number of nitrogens with zero attached hydrogens (tertiary/aromatic N) is 1. The number of hydrogen-bond donors (Lipinski definition) is 3. The Kier molecular flexibility index (Phi) is 4.73. The van der Waals surface area contributed by atoms with E-state index < -0.39 is 0 Å². The normalized spacial score (nSPS) is 24.7. The second-order valence-corrected chi connectivity index (χ2v) is 7.46. The molecule has 0 radical (unpaired) electrons. The maximum absolute atomic E-state index is 9.59. The molecule has 2 unspecified atom stereocenters. The summed E-state index contributed by atoms with van der Waals surface area (Å²) in [6.45, 7) is 3.38. The fraction of sp³-hybridized carbons (Fsp3) is 0.467. The lowest BCUT2D eigenvalue weighted by molar-refractivity contribution is 0.109. The molecule has 114 valence electrons. The molecule has 4 nitrogen and oxygen atoms in total. The molecule has 2 aliphatic heterocycles. The third-order valence-corrected chi connectivity index (χ3v) is 5.66. The number of hydrogen-bond acceptors (Lipinski definition) is 6. The van der Waals surface area contributed by atoms with E-state index in [1.165, 1.54) is 9.75 Å². The molecule has 0 amide bonds. The van der Waals surface area contributed by atoms with Crippen LogP contribution >= 0.6 is 22.7 Å². The first-order chi connectivity index (χ1) is 10.1. The lowest BCUT2D eigenvalue weighted by Crippen LogP contribution is -2.28. The third-order valence-electron chi connectivity index (χ3n) is 3.80. The summed E-state index contributed by atoms with van der Waals surface area (Å²) in [5.74, 6) is 0. The van der Waals surface area contributed by atoms with E-state index in [0.717, 1.165) is 30.8 Å². The summed E-state index contributed by atoms with van der Waals surface area (Å²) in [5, 5.41) is 26.2. The number of fused-ring (bicyclic) bond motifs is 2. The molecule has 0 spiro atoms. The predicted molar refractivity (Wildman–Crippen MR) is 86.6 cm³/mol. The van der Waals surface area contributed by atoms with Crippen molar-refractivity contribution in [2.45, 2.75) is 25.3 Å². The molecule has 0 saturated heterocycles. The van der Waals surface area contributed by atoms with E-state index in [2.05, 4.69) is 10.2 Å². The number of β-amino-alcohol motifs (C(OH)–C–C–N with tert-alkyl or cyclic N) is 2. The van der Waals surface area contributed by atoms with Gasteiger partial charge in [0.2, 0.25) is 0 Å². The van der Waals surface area contributed by atoms with Crippen LogP contribution in [0, 0.1) is 0 Å². The van der Waals surface area contributed by atoms with Crippen molar-refractivity contribution in [3.05, 3.63) is 43.8 Å². The van der Waals surface area contributed by atoms with Crippen molar-refractivity contribution >= 4 is 22.7 Å². The first kappa shape index (κ1) is 15.1. The van der Waals surface area contributed by atoms with E-state index in [1.807, 2.05) is 29.9 Å². The number of aliphatic hydroxyl groups excluding tert-OH is 2. The molecular formula is C15H20N2O2S2. The van der Waals surface area contributed by atoms with Crippen molar-refractivity contribution in [2.24, 2.45) is 0 Å². The van der Waals surface area contributed by atoms with Gasteiger partial charge in [-0.25, -0.2) is 0 Å². The summed E-state index contributed by atoms with van der Waals surface area (Å²) >= 11 is 3.44. The summed E-state index contributed by atoms with van der Waals surface area (Å²) in [6, 6.07) is 4.03. The Morgan fingerprint density at radius 3 is 2.48 bits per heavy atom. The standard InChI is InChI=1S/C8H11NOS.C7H9NOS/c1-9-4-7(10)6-2-3-11-8(6)5-9;9-6-3-8-4-7-5(6)1-2-10-7/h2-3,7,10H,4-5H2,1H3;1-2,6,8-9H,3-4H2. The molecule has 4 heterocycles. The van der Waals surface area contributed by atoms with Gasteiger partial charge in [-0.1, -0.05) is 0 Å². The Hall–Kier alpha value is -0.760. The van der Waals surface area contributed by atoms with Gasteiger partial charge >= 0.3 is 0 Å². The van der Waals surface area contributed by atoms with Crippen LogP contribution in [0.1, 0.15) is 33.1 Å². The fourth-order valence-electron chi connectivity index (χ4n) is 2.70. The Morgan fingerprint density at radius 2 is 1.76 bits per heavy atom. The minimum Gasteiger partial charge on any atom is -0.387 e. The summed E-state index contributed by atoms with van der Waals surface area (Å²) in [5.41, 5.74) is 2.25. The van der Waals surface area contributed by atoms with Crippen LogP contribution in [0.5, 0.6) is 0 Å². The highest BCUT2D eigenvalue weighted by molar-refractivity contribution is 7.10. The monoisotopic (exact) mass is 324 g/mol. The molecule has 3 N–H and O–H groups in total. The summed E-state index contributed by atoms with van der Waals surface area (Å²) in [6.07, 6.45) is -0.551. The molecule has 2 atom stereocenters. The zero-order valence-corrected chi connectivity index (χ0v) is 13.6. The Morgan fingerprint density at radius 1 is 1.10 bits per heavy atom. The van der Waals surface area contributed by atoms with Gasteiger partial charge in [-0.2, -0.15) is 0 Å². The van der Waals surface area contributed by atoms with Gasteiger partial charge < -0.3 is 15.5 Å². The lowest BCUT2D eigenvalue weighted by Gasteiger charge is -2.26. The van der Waals surface area contributed by atoms with E-state index in [4.69, 9.17) is 0 Å². The van der Waals surface area contributed by atoms with Crippen LogP contribution in [0.2, 0.25) is 0 Å². The molecule has 6 heteroatoms. The number of likely N-dealkylation sites (N-methyl/N-ethyl adjacent to an activating group) is 1. The zero-order chi connectivity index (χ0) is 14.8. The van der Waals surface area contributed by atoms with Crippen molar-refractivity contribution in [3.63, 3.8) is 0 Å². The Bertz CT molecular complexity index is 596. The molecular weight excluding hydrogens is 304 g/mol. The largest absolute Gasteiger partial charge is 0.387 e. The maximum atomic E-state index is 9.59. The molecule has 0 saturated carbocycles. The number of rotatable bonds is 0. The van der Waals surface area contributed by atoms with E-state index in [9.17, 15) is 10.2 Å². The Balaban J connectivity index is 0.000000126. The highest BCUT2D eigenvalue weighted by Gasteiger charge is 2.21. The molecule has 21 heavy (non-hydrogen) atoms. The predicted octanol–water partition coefficient (Wildman–Crippen LogP) is 2.11. The van der Waals surface area contributed by atoms with Gasteiger partial charge in [-0.05, 0) is 41.1 Å². The molecule has 4 rings (SSSR count). The number of aliphatic hydroxyl groups is 2. The SMILES string of the molecule is CN1Cc2sccc2C(O)C1.OC1CNCc2sccc21. The van der Waals surface area contributed by atoms with Crippen molar-refractivity contribution < 1.29 is 10.2 Å². The van der Waals surface area contributed by atoms with Crippen LogP contribution < -0.4 is 5.32 Å². The molecule has 2 aliphatic rings. The van der Waals surface area contributed by atoms with E-state index in [0.29, 0.717) is 6.54 Å². The highest BCUT2D eigenvalue weighted by atomic mass is 32.1. The minimum absolute atomic E-state index is 0.269. The van der Waals surface area contributed by atoms with Gasteiger partial charge in [0, 0.05) is 35.9 Å². The van der Waals surface area contributed by atoms with E-state index in [-0.39, 0.29) is 12.2 Å². The smallest absolute Gasteiger partial charge is 0.0928 e. The fourth-order valence-corrected chi connectivity index (χ4v) is 4.62. The lowest BCUT2D eigenvalue weighted by atomic mass is 10.1. The molecule has 0 aromatic carbocycles. The van der Waals surface area contributed by atoms with Crippen molar-refractivity contribution in [2.75, 3.05) is 20.1 Å². The van der Waals surface area contributed by atoms with Gasteiger partial charge in [0.15, 0.2) is 0 Å². The van der Waals surface area contributed by atoms with Crippen LogP contribution in [0.4, 0.5) is 0 Å². The van der Waals surface area contributed by atoms with Crippen molar-refractivity contribution in [1.29, 1.82) is 0 Å². The third kappa shape index (κ3) is 3.36. The number of nitrogens with one attached hydrogen (secondary N) is 1. The van der Waals surface area contributed by atoms with Crippen LogP contribution in [0.3, 0.4) is 0 Å².